The molecule has 0 aliphatic heterocycles. The maximum Gasteiger partial charge on any atom is 0.318 e. The van der Waals surface area contributed by atoms with Crippen molar-refractivity contribution in [2.45, 2.75) is 0 Å². The van der Waals surface area contributed by atoms with E-state index < -0.39 is 27.1 Å². The van der Waals surface area contributed by atoms with Crippen LogP contribution in [0.2, 0.25) is 10.0 Å². The zero-order chi connectivity index (χ0) is 23.3. The van der Waals surface area contributed by atoms with Gasteiger partial charge in [0.05, 0.1) is 32.7 Å². The predicted molar refractivity (Wildman–Crippen MR) is 118 cm³/mol. The van der Waals surface area contributed by atoms with Gasteiger partial charge in [0.2, 0.25) is 5.75 Å². The lowest BCUT2D eigenvalue weighted by Gasteiger charge is -2.06. The van der Waals surface area contributed by atoms with Gasteiger partial charge < -0.3 is 4.74 Å². The summed E-state index contributed by atoms with van der Waals surface area (Å²) in [5, 5.41) is 26.4. The zero-order valence-corrected chi connectivity index (χ0v) is 17.4. The molecule has 0 aromatic heterocycles. The normalized spacial score (nSPS) is 10.7. The zero-order valence-electron chi connectivity index (χ0n) is 15.9. The van der Waals surface area contributed by atoms with Crippen molar-refractivity contribution >= 4 is 46.7 Å². The average molecular weight is 475 g/mol. The van der Waals surface area contributed by atoms with Gasteiger partial charge in [0.25, 0.3) is 11.6 Å². The first-order valence-electron chi connectivity index (χ1n) is 8.74. The van der Waals surface area contributed by atoms with Crippen molar-refractivity contribution in [1.29, 1.82) is 0 Å². The van der Waals surface area contributed by atoms with Gasteiger partial charge in [0.1, 0.15) is 5.75 Å². The molecule has 0 spiro atoms. The summed E-state index contributed by atoms with van der Waals surface area (Å²) in [6.45, 7) is 0. The SMILES string of the molecule is O=C(N/N=C\c1ccc(Oc2ccc([N+](=O)[O-])cc2[N+](=O)[O-])cc1)c1ccc(Cl)cc1Cl. The van der Waals surface area contributed by atoms with Gasteiger partial charge in [0, 0.05) is 11.1 Å². The molecule has 3 aromatic carbocycles. The number of carbonyl (C=O) groups excluding carboxylic acids is 1. The first-order valence-corrected chi connectivity index (χ1v) is 9.49. The number of nitrogens with one attached hydrogen (secondary N) is 1. The van der Waals surface area contributed by atoms with Crippen LogP contribution in [0, 0.1) is 20.2 Å². The number of ether oxygens (including phenoxy) is 1. The summed E-state index contributed by atoms with van der Waals surface area (Å²) >= 11 is 11.8. The van der Waals surface area contributed by atoms with E-state index in [0.29, 0.717) is 10.6 Å². The molecular weight excluding hydrogens is 463 g/mol. The molecule has 3 rings (SSSR count). The summed E-state index contributed by atoms with van der Waals surface area (Å²) in [7, 11) is 0. The molecule has 0 unspecified atom stereocenters. The lowest BCUT2D eigenvalue weighted by Crippen LogP contribution is -2.18. The van der Waals surface area contributed by atoms with Crippen LogP contribution in [-0.2, 0) is 0 Å². The largest absolute Gasteiger partial charge is 0.450 e. The number of nitro groups is 2. The molecule has 0 heterocycles. The maximum absolute atomic E-state index is 12.1. The van der Waals surface area contributed by atoms with Gasteiger partial charge in [-0.05, 0) is 54.1 Å². The molecule has 0 aliphatic carbocycles. The first kappa shape index (κ1) is 22.7. The molecule has 1 N–H and O–H groups in total. The fraction of sp³-hybridized carbons (Fsp3) is 0. The predicted octanol–water partition coefficient (Wildman–Crippen LogP) is 5.37. The van der Waals surface area contributed by atoms with Gasteiger partial charge in [-0.1, -0.05) is 23.2 Å². The molecule has 3 aromatic rings. The number of hydrogen-bond acceptors (Lipinski definition) is 7. The molecule has 0 fully saturated rings. The smallest absolute Gasteiger partial charge is 0.318 e. The van der Waals surface area contributed by atoms with E-state index in [9.17, 15) is 25.0 Å². The van der Waals surface area contributed by atoms with Crippen molar-refractivity contribution < 1.29 is 19.4 Å². The molecule has 0 radical (unpaired) electrons. The summed E-state index contributed by atoms with van der Waals surface area (Å²) in [6.07, 6.45) is 1.37. The van der Waals surface area contributed by atoms with Crippen molar-refractivity contribution in [3.8, 4) is 11.5 Å². The van der Waals surface area contributed by atoms with Crippen molar-refractivity contribution in [1.82, 2.24) is 5.43 Å². The Kier molecular flexibility index (Phi) is 6.98. The van der Waals surface area contributed by atoms with E-state index in [1.165, 1.54) is 36.5 Å². The van der Waals surface area contributed by atoms with Crippen LogP contribution < -0.4 is 10.2 Å². The van der Waals surface area contributed by atoms with Crippen LogP contribution >= 0.6 is 23.2 Å². The number of hydrogen-bond donors (Lipinski definition) is 1. The van der Waals surface area contributed by atoms with E-state index in [-0.39, 0.29) is 22.1 Å². The first-order chi connectivity index (χ1) is 15.2. The highest BCUT2D eigenvalue weighted by atomic mass is 35.5. The standard InChI is InChI=1S/C20H12Cl2N4O6/c21-13-3-7-16(17(22)9-13)20(27)24-23-11-12-1-5-15(6-2-12)32-19-8-4-14(25(28)29)10-18(19)26(30)31/h1-11H,(H,24,27)/b23-11-. The van der Waals surface area contributed by atoms with E-state index in [2.05, 4.69) is 10.5 Å². The molecule has 0 bridgehead atoms. The third-order valence-corrected chi connectivity index (χ3v) is 4.56. The molecule has 0 atom stereocenters. The molecule has 0 aliphatic rings. The van der Waals surface area contributed by atoms with Crippen LogP contribution in [0.25, 0.3) is 0 Å². The highest BCUT2D eigenvalue weighted by molar-refractivity contribution is 6.36. The summed E-state index contributed by atoms with van der Waals surface area (Å²) < 4.78 is 5.48. The average Bonchev–Trinajstić information content (AvgIpc) is 2.74. The van der Waals surface area contributed by atoms with Gasteiger partial charge in [-0.3, -0.25) is 25.0 Å². The van der Waals surface area contributed by atoms with Crippen LogP contribution in [0.3, 0.4) is 0 Å². The highest BCUT2D eigenvalue weighted by Gasteiger charge is 2.21. The number of nitrogens with zero attached hydrogens (tertiary/aromatic N) is 3. The lowest BCUT2D eigenvalue weighted by atomic mass is 10.2. The third kappa shape index (κ3) is 5.56. The number of rotatable bonds is 7. The maximum atomic E-state index is 12.1. The fourth-order valence-corrected chi connectivity index (χ4v) is 2.99. The van der Waals surface area contributed by atoms with E-state index in [1.54, 1.807) is 12.1 Å². The van der Waals surface area contributed by atoms with Gasteiger partial charge in [-0.25, -0.2) is 5.43 Å². The Morgan fingerprint density at radius 1 is 0.969 bits per heavy atom. The number of benzene rings is 3. The second-order valence-corrected chi connectivity index (χ2v) is 7.00. The second-order valence-electron chi connectivity index (χ2n) is 6.16. The van der Waals surface area contributed by atoms with Gasteiger partial charge in [-0.2, -0.15) is 5.10 Å². The molecule has 12 heteroatoms. The minimum absolute atomic E-state index is 0.144. The topological polar surface area (TPSA) is 137 Å². The Morgan fingerprint density at radius 3 is 2.31 bits per heavy atom. The summed E-state index contributed by atoms with van der Waals surface area (Å²) in [5.74, 6) is -0.404. The van der Waals surface area contributed by atoms with Crippen molar-refractivity contribution in [2.75, 3.05) is 0 Å². The molecule has 0 saturated heterocycles. The van der Waals surface area contributed by atoms with Crippen molar-refractivity contribution in [2.24, 2.45) is 5.10 Å². The number of amides is 1. The van der Waals surface area contributed by atoms with Crippen LogP contribution in [0.4, 0.5) is 11.4 Å². The summed E-state index contributed by atoms with van der Waals surface area (Å²) in [6, 6.07) is 13.8. The molecular formula is C20H12Cl2N4O6. The molecule has 162 valence electrons. The lowest BCUT2D eigenvalue weighted by molar-refractivity contribution is -0.394. The summed E-state index contributed by atoms with van der Waals surface area (Å²) in [5.41, 5.74) is 2.19. The van der Waals surface area contributed by atoms with Crippen LogP contribution in [0.1, 0.15) is 15.9 Å². The number of halogens is 2. The van der Waals surface area contributed by atoms with Crippen molar-refractivity contribution in [3.05, 3.63) is 102 Å². The van der Waals surface area contributed by atoms with Crippen LogP contribution in [-0.4, -0.2) is 22.0 Å². The Bertz CT molecular complexity index is 1230. The molecule has 0 saturated carbocycles. The highest BCUT2D eigenvalue weighted by Crippen LogP contribution is 2.34. The Labute approximate surface area is 190 Å². The quantitative estimate of drug-likeness (QED) is 0.277. The molecule has 10 nitrogen and oxygen atoms in total. The monoisotopic (exact) mass is 474 g/mol. The third-order valence-electron chi connectivity index (χ3n) is 4.01. The second kappa shape index (κ2) is 9.86. The molecule has 1 amide bonds. The van der Waals surface area contributed by atoms with E-state index >= 15 is 0 Å². The number of hydrazone groups is 1. The Hall–Kier alpha value is -4.02. The minimum atomic E-state index is -0.765. The van der Waals surface area contributed by atoms with E-state index in [4.69, 9.17) is 27.9 Å². The fourth-order valence-electron chi connectivity index (χ4n) is 2.50. The van der Waals surface area contributed by atoms with Crippen LogP contribution in [0.5, 0.6) is 11.5 Å². The van der Waals surface area contributed by atoms with E-state index in [0.717, 1.165) is 18.2 Å². The summed E-state index contributed by atoms with van der Waals surface area (Å²) in [4.78, 5) is 32.6. The Balaban J connectivity index is 1.67. The van der Waals surface area contributed by atoms with Gasteiger partial charge in [-0.15, -0.1) is 0 Å². The van der Waals surface area contributed by atoms with Gasteiger partial charge >= 0.3 is 5.69 Å². The van der Waals surface area contributed by atoms with Crippen LogP contribution in [0.15, 0.2) is 65.8 Å². The number of non-ortho nitro benzene ring substituents is 1. The number of nitro benzene ring substituents is 2. The minimum Gasteiger partial charge on any atom is -0.450 e. The number of carbonyl (C=O) groups is 1. The van der Waals surface area contributed by atoms with Crippen molar-refractivity contribution in [3.63, 3.8) is 0 Å². The van der Waals surface area contributed by atoms with E-state index in [1.807, 2.05) is 0 Å². The molecule has 32 heavy (non-hydrogen) atoms. The Morgan fingerprint density at radius 2 is 1.69 bits per heavy atom. The van der Waals surface area contributed by atoms with Gasteiger partial charge in [0.15, 0.2) is 0 Å².